The van der Waals surface area contributed by atoms with Crippen LogP contribution in [0.1, 0.15) is 42.5 Å². The van der Waals surface area contributed by atoms with Crippen molar-refractivity contribution in [3.8, 4) is 0 Å². The number of aryl methyl sites for hydroxylation is 1. The highest BCUT2D eigenvalue weighted by Crippen LogP contribution is 2.24. The molecule has 0 radical (unpaired) electrons. The zero-order chi connectivity index (χ0) is 14.5. The summed E-state index contributed by atoms with van der Waals surface area (Å²) in [5.74, 6) is 0.521. The average molecular weight is 283 g/mol. The summed E-state index contributed by atoms with van der Waals surface area (Å²) in [5.41, 5.74) is 3.84. The molecule has 0 aliphatic rings. The Kier molecular flexibility index (Phi) is 6.01. The molecule has 0 spiro atoms. The summed E-state index contributed by atoms with van der Waals surface area (Å²) in [6, 6.07) is 6.52. The molecule has 108 valence electrons. The highest BCUT2D eigenvalue weighted by Gasteiger charge is 2.14. The third-order valence-corrected chi connectivity index (χ3v) is 5.55. The van der Waals surface area contributed by atoms with E-state index in [2.05, 4.69) is 37.4 Å². The maximum atomic E-state index is 11.5. The topological polar surface area (TPSA) is 46.2 Å². The van der Waals surface area contributed by atoms with Crippen molar-refractivity contribution >= 4 is 9.84 Å². The first kappa shape index (κ1) is 16.2. The van der Waals surface area contributed by atoms with Crippen LogP contribution in [-0.4, -0.2) is 27.0 Å². The smallest absolute Gasteiger partial charge is 0.150 e. The molecule has 0 heterocycles. The Morgan fingerprint density at radius 2 is 1.95 bits per heavy atom. The van der Waals surface area contributed by atoms with Crippen molar-refractivity contribution in [2.45, 2.75) is 39.7 Å². The van der Waals surface area contributed by atoms with E-state index < -0.39 is 9.84 Å². The molecule has 0 fully saturated rings. The van der Waals surface area contributed by atoms with Crippen molar-refractivity contribution < 1.29 is 8.42 Å². The van der Waals surface area contributed by atoms with E-state index in [9.17, 15) is 8.42 Å². The van der Waals surface area contributed by atoms with Gasteiger partial charge in [-0.1, -0.05) is 25.1 Å². The number of hydrogen-bond donors (Lipinski definition) is 1. The van der Waals surface area contributed by atoms with Crippen LogP contribution in [0.5, 0.6) is 0 Å². The van der Waals surface area contributed by atoms with Gasteiger partial charge in [-0.2, -0.15) is 0 Å². The molecule has 0 saturated heterocycles. The van der Waals surface area contributed by atoms with Crippen LogP contribution in [0.25, 0.3) is 0 Å². The Morgan fingerprint density at radius 3 is 2.53 bits per heavy atom. The molecular formula is C15H25NO2S. The summed E-state index contributed by atoms with van der Waals surface area (Å²) >= 11 is 0. The largest absolute Gasteiger partial charge is 0.313 e. The minimum absolute atomic E-state index is 0.229. The van der Waals surface area contributed by atoms with Gasteiger partial charge in [0.05, 0.1) is 5.75 Å². The van der Waals surface area contributed by atoms with Gasteiger partial charge in [0.15, 0.2) is 0 Å². The molecule has 0 bridgehead atoms. The number of benzene rings is 1. The van der Waals surface area contributed by atoms with Crippen LogP contribution in [0.2, 0.25) is 0 Å². The molecule has 0 aliphatic heterocycles. The van der Waals surface area contributed by atoms with Crippen molar-refractivity contribution in [3.63, 3.8) is 0 Å². The highest BCUT2D eigenvalue weighted by molar-refractivity contribution is 7.91. The molecule has 3 nitrogen and oxygen atoms in total. The van der Waals surface area contributed by atoms with Gasteiger partial charge >= 0.3 is 0 Å². The minimum Gasteiger partial charge on any atom is -0.313 e. The Balaban J connectivity index is 2.71. The van der Waals surface area contributed by atoms with E-state index in [1.165, 1.54) is 16.7 Å². The third-order valence-electron chi connectivity index (χ3n) is 3.76. The Morgan fingerprint density at radius 1 is 1.26 bits per heavy atom. The fourth-order valence-corrected chi connectivity index (χ4v) is 3.15. The van der Waals surface area contributed by atoms with Gasteiger partial charge in [0, 0.05) is 11.8 Å². The van der Waals surface area contributed by atoms with Crippen LogP contribution >= 0.6 is 0 Å². The maximum Gasteiger partial charge on any atom is 0.150 e. The Labute approximate surface area is 117 Å². The van der Waals surface area contributed by atoms with E-state index in [0.717, 1.165) is 6.42 Å². The van der Waals surface area contributed by atoms with Gasteiger partial charge in [0.2, 0.25) is 0 Å². The standard InChI is InChI=1S/C15H25NO2S/c1-5-19(17,18)11-7-10-15(16-4)14-9-6-8-12(2)13(14)3/h6,8-9,15-16H,5,7,10-11H2,1-4H3. The van der Waals surface area contributed by atoms with Gasteiger partial charge in [0.25, 0.3) is 0 Å². The second-order valence-electron chi connectivity index (χ2n) is 5.01. The lowest BCUT2D eigenvalue weighted by atomic mass is 9.95. The zero-order valence-corrected chi connectivity index (χ0v) is 13.2. The van der Waals surface area contributed by atoms with Crippen LogP contribution in [-0.2, 0) is 9.84 Å². The zero-order valence-electron chi connectivity index (χ0n) is 12.4. The fraction of sp³-hybridized carbons (Fsp3) is 0.600. The number of nitrogens with one attached hydrogen (secondary N) is 1. The number of sulfone groups is 1. The van der Waals surface area contributed by atoms with E-state index in [4.69, 9.17) is 0 Å². The summed E-state index contributed by atoms with van der Waals surface area (Å²) in [7, 11) is -0.920. The maximum absolute atomic E-state index is 11.5. The lowest BCUT2D eigenvalue weighted by Gasteiger charge is -2.20. The normalized spacial score (nSPS) is 13.5. The van der Waals surface area contributed by atoms with Gasteiger partial charge in [-0.3, -0.25) is 0 Å². The summed E-state index contributed by atoms with van der Waals surface area (Å²) < 4.78 is 23.0. The van der Waals surface area contributed by atoms with E-state index in [0.29, 0.717) is 6.42 Å². The molecule has 1 rings (SSSR count). The van der Waals surface area contributed by atoms with Crippen LogP contribution in [0.15, 0.2) is 18.2 Å². The molecule has 1 aromatic rings. The molecule has 1 N–H and O–H groups in total. The molecule has 0 aromatic heterocycles. The second-order valence-corrected chi connectivity index (χ2v) is 7.48. The molecular weight excluding hydrogens is 258 g/mol. The van der Waals surface area contributed by atoms with E-state index in [1.807, 2.05) is 7.05 Å². The van der Waals surface area contributed by atoms with E-state index in [1.54, 1.807) is 6.92 Å². The molecule has 1 unspecified atom stereocenters. The predicted molar refractivity (Wildman–Crippen MR) is 81.3 cm³/mol. The van der Waals surface area contributed by atoms with Crippen molar-refractivity contribution in [2.75, 3.05) is 18.6 Å². The number of rotatable bonds is 7. The summed E-state index contributed by atoms with van der Waals surface area (Å²) in [6.07, 6.45) is 1.55. The highest BCUT2D eigenvalue weighted by atomic mass is 32.2. The molecule has 1 aromatic carbocycles. The van der Waals surface area contributed by atoms with Crippen LogP contribution in [0.4, 0.5) is 0 Å². The molecule has 0 aliphatic carbocycles. The lowest BCUT2D eigenvalue weighted by molar-refractivity contribution is 0.533. The minimum atomic E-state index is -2.85. The van der Waals surface area contributed by atoms with Gasteiger partial charge in [-0.25, -0.2) is 8.42 Å². The van der Waals surface area contributed by atoms with Crippen LogP contribution < -0.4 is 5.32 Å². The number of hydrogen-bond acceptors (Lipinski definition) is 3. The summed E-state index contributed by atoms with van der Waals surface area (Å²) in [4.78, 5) is 0. The van der Waals surface area contributed by atoms with Gasteiger partial charge in [0.1, 0.15) is 9.84 Å². The molecule has 0 saturated carbocycles. The van der Waals surface area contributed by atoms with E-state index in [-0.39, 0.29) is 17.5 Å². The third kappa shape index (κ3) is 4.62. The van der Waals surface area contributed by atoms with Crippen LogP contribution in [0.3, 0.4) is 0 Å². The van der Waals surface area contributed by atoms with Gasteiger partial charge in [-0.15, -0.1) is 0 Å². The molecule has 4 heteroatoms. The predicted octanol–water partition coefficient (Wildman–Crippen LogP) is 2.78. The van der Waals surface area contributed by atoms with Crippen molar-refractivity contribution in [3.05, 3.63) is 34.9 Å². The first-order chi connectivity index (χ1) is 8.91. The quantitative estimate of drug-likeness (QED) is 0.837. The Bertz CT molecular complexity index is 509. The molecule has 19 heavy (non-hydrogen) atoms. The SMILES string of the molecule is CCS(=O)(=O)CCCC(NC)c1cccc(C)c1C. The Hall–Kier alpha value is -0.870. The van der Waals surface area contributed by atoms with Gasteiger partial charge < -0.3 is 5.32 Å². The van der Waals surface area contributed by atoms with Crippen molar-refractivity contribution in [2.24, 2.45) is 0 Å². The molecule has 1 atom stereocenters. The second kappa shape index (κ2) is 7.06. The van der Waals surface area contributed by atoms with E-state index >= 15 is 0 Å². The van der Waals surface area contributed by atoms with Crippen molar-refractivity contribution in [1.29, 1.82) is 0 Å². The van der Waals surface area contributed by atoms with Gasteiger partial charge in [-0.05, 0) is 50.4 Å². The van der Waals surface area contributed by atoms with Crippen LogP contribution in [0, 0.1) is 13.8 Å². The fourth-order valence-electron chi connectivity index (χ4n) is 2.26. The first-order valence-electron chi connectivity index (χ1n) is 6.85. The summed E-state index contributed by atoms with van der Waals surface area (Å²) in [5, 5.41) is 3.30. The lowest BCUT2D eigenvalue weighted by Crippen LogP contribution is -2.19. The summed E-state index contributed by atoms with van der Waals surface area (Å²) in [6.45, 7) is 5.93. The monoisotopic (exact) mass is 283 g/mol. The first-order valence-corrected chi connectivity index (χ1v) is 8.67. The molecule has 0 amide bonds. The average Bonchev–Trinajstić information content (AvgIpc) is 2.38. The van der Waals surface area contributed by atoms with Crippen molar-refractivity contribution in [1.82, 2.24) is 5.32 Å².